The number of rotatable bonds is 4. The Balaban J connectivity index is 3.90. The molecular formula is C14H23N. The van der Waals surface area contributed by atoms with Crippen LogP contribution in [0.3, 0.4) is 0 Å². The molecule has 0 N–H and O–H groups in total. The summed E-state index contributed by atoms with van der Waals surface area (Å²) in [5.74, 6) is 7.44. The van der Waals surface area contributed by atoms with Crippen LogP contribution < -0.4 is 0 Å². The number of hydrogen-bond acceptors (Lipinski definition) is 1. The molecule has 0 saturated carbocycles. The number of aliphatic imine (C=N–C) groups is 1. The van der Waals surface area contributed by atoms with Crippen molar-refractivity contribution in [2.45, 2.75) is 40.5 Å². The Bertz CT molecular complexity index is 275. The highest BCUT2D eigenvalue weighted by Crippen LogP contribution is 2.08. The Labute approximate surface area is 94.7 Å². The molecule has 0 aliphatic rings. The Kier molecular flexibility index (Phi) is 7.72. The molecule has 1 heteroatoms. The second kappa shape index (κ2) is 8.29. The van der Waals surface area contributed by atoms with Gasteiger partial charge >= 0.3 is 0 Å². The maximum absolute atomic E-state index is 4.01. The zero-order chi connectivity index (χ0) is 11.7. The van der Waals surface area contributed by atoms with Crippen LogP contribution in [0.15, 0.2) is 16.6 Å². The van der Waals surface area contributed by atoms with Crippen molar-refractivity contribution < 1.29 is 0 Å². The van der Waals surface area contributed by atoms with Crippen LogP contribution in [-0.2, 0) is 0 Å². The van der Waals surface area contributed by atoms with Crippen LogP contribution in [0.2, 0.25) is 0 Å². The first-order valence-corrected chi connectivity index (χ1v) is 5.65. The zero-order valence-corrected chi connectivity index (χ0v) is 10.7. The van der Waals surface area contributed by atoms with Crippen molar-refractivity contribution in [2.75, 3.05) is 7.05 Å². The number of hydrogen-bond donors (Lipinski definition) is 0. The van der Waals surface area contributed by atoms with E-state index in [9.17, 15) is 0 Å². The van der Waals surface area contributed by atoms with Crippen molar-refractivity contribution in [1.29, 1.82) is 0 Å². The Morgan fingerprint density at radius 1 is 1.40 bits per heavy atom. The van der Waals surface area contributed by atoms with Gasteiger partial charge in [-0.1, -0.05) is 24.5 Å². The van der Waals surface area contributed by atoms with Crippen LogP contribution in [0.4, 0.5) is 0 Å². The number of allylic oxidation sites excluding steroid dienone is 2. The maximum Gasteiger partial charge on any atom is 0.0380 e. The van der Waals surface area contributed by atoms with Crippen molar-refractivity contribution >= 4 is 6.21 Å². The molecular weight excluding hydrogens is 182 g/mol. The first-order chi connectivity index (χ1) is 7.11. The van der Waals surface area contributed by atoms with E-state index in [4.69, 9.17) is 0 Å². The predicted octanol–water partition coefficient (Wildman–Crippen LogP) is 3.71. The minimum absolute atomic E-state index is 0.394. The highest BCUT2D eigenvalue weighted by Gasteiger charge is 1.97. The molecule has 0 spiro atoms. The highest BCUT2D eigenvalue weighted by atomic mass is 14.6. The summed E-state index contributed by atoms with van der Waals surface area (Å²) in [6.07, 6.45) is 6.19. The molecule has 0 bridgehead atoms. The molecule has 0 rings (SSSR count). The lowest BCUT2D eigenvalue weighted by molar-refractivity contribution is 0.713. The maximum atomic E-state index is 4.01. The third kappa shape index (κ3) is 6.96. The molecule has 0 amide bonds. The monoisotopic (exact) mass is 205 g/mol. The molecule has 2 unspecified atom stereocenters. The van der Waals surface area contributed by atoms with E-state index in [2.05, 4.69) is 50.6 Å². The van der Waals surface area contributed by atoms with Gasteiger partial charge in [0.2, 0.25) is 0 Å². The Morgan fingerprint density at radius 3 is 2.60 bits per heavy atom. The first-order valence-electron chi connectivity index (χ1n) is 5.65. The van der Waals surface area contributed by atoms with Crippen LogP contribution in [-0.4, -0.2) is 13.3 Å². The molecule has 2 atom stereocenters. The second-order valence-electron chi connectivity index (χ2n) is 4.00. The van der Waals surface area contributed by atoms with Crippen molar-refractivity contribution in [2.24, 2.45) is 16.8 Å². The molecule has 84 valence electrons. The van der Waals surface area contributed by atoms with Gasteiger partial charge in [0, 0.05) is 25.6 Å². The van der Waals surface area contributed by atoms with Crippen molar-refractivity contribution in [3.05, 3.63) is 11.6 Å². The molecule has 0 aliphatic carbocycles. The molecule has 0 aromatic carbocycles. The van der Waals surface area contributed by atoms with Gasteiger partial charge in [-0.2, -0.15) is 0 Å². The summed E-state index contributed by atoms with van der Waals surface area (Å²) in [6, 6.07) is 0. The van der Waals surface area contributed by atoms with Gasteiger partial charge in [-0.3, -0.25) is 0 Å². The van der Waals surface area contributed by atoms with Gasteiger partial charge < -0.3 is 4.99 Å². The van der Waals surface area contributed by atoms with Crippen LogP contribution in [0, 0.1) is 23.7 Å². The van der Waals surface area contributed by atoms with E-state index in [1.54, 1.807) is 0 Å². The molecule has 0 fully saturated rings. The van der Waals surface area contributed by atoms with Gasteiger partial charge in [0.15, 0.2) is 0 Å². The molecule has 1 nitrogen and oxygen atoms in total. The smallest absolute Gasteiger partial charge is 0.0380 e. The van der Waals surface area contributed by atoms with Gasteiger partial charge in [-0.15, -0.1) is 5.92 Å². The summed E-state index contributed by atoms with van der Waals surface area (Å²) in [5, 5.41) is 0. The largest absolute Gasteiger partial charge is 0.301 e. The second-order valence-corrected chi connectivity index (χ2v) is 4.00. The molecule has 0 heterocycles. The van der Waals surface area contributed by atoms with Gasteiger partial charge in [0.05, 0.1) is 0 Å². The lowest BCUT2D eigenvalue weighted by Crippen LogP contribution is -1.95. The lowest BCUT2D eigenvalue weighted by atomic mass is 10.0. The van der Waals surface area contributed by atoms with E-state index in [1.165, 1.54) is 5.57 Å². The molecule has 15 heavy (non-hydrogen) atoms. The zero-order valence-electron chi connectivity index (χ0n) is 10.7. The quantitative estimate of drug-likeness (QED) is 0.377. The average molecular weight is 205 g/mol. The normalized spacial score (nSPS) is 15.9. The molecule has 0 saturated heterocycles. The average Bonchev–Trinajstić information content (AvgIpc) is 2.23. The fourth-order valence-electron chi connectivity index (χ4n) is 1.22. The minimum atomic E-state index is 0.394. The third-order valence-corrected chi connectivity index (χ3v) is 2.59. The van der Waals surface area contributed by atoms with Crippen LogP contribution in [0.1, 0.15) is 40.5 Å². The van der Waals surface area contributed by atoms with E-state index in [0.717, 1.165) is 12.8 Å². The van der Waals surface area contributed by atoms with E-state index in [0.29, 0.717) is 11.8 Å². The van der Waals surface area contributed by atoms with Crippen LogP contribution >= 0.6 is 0 Å². The molecule has 0 radical (unpaired) electrons. The fourth-order valence-corrected chi connectivity index (χ4v) is 1.22. The Hall–Kier alpha value is -1.03. The molecule has 0 aromatic rings. The standard InChI is InChI=1S/C14H23N/c1-6-13(3)14(4)10-8-7-9-12(2)11-15-5/h6,11-12,14H,7,9H2,1-5H3/b13-6+,15-11?. The van der Waals surface area contributed by atoms with Crippen LogP contribution in [0.5, 0.6) is 0 Å². The predicted molar refractivity (Wildman–Crippen MR) is 69.2 cm³/mol. The van der Waals surface area contributed by atoms with Gasteiger partial charge in [-0.25, -0.2) is 0 Å². The van der Waals surface area contributed by atoms with Crippen molar-refractivity contribution in [1.82, 2.24) is 0 Å². The van der Waals surface area contributed by atoms with E-state index < -0.39 is 0 Å². The molecule has 0 aromatic heterocycles. The summed E-state index contributed by atoms with van der Waals surface area (Å²) < 4.78 is 0. The summed E-state index contributed by atoms with van der Waals surface area (Å²) in [4.78, 5) is 4.01. The SMILES string of the molecule is C/C=C(\C)C(C)C#CCCC(C)C=NC. The third-order valence-electron chi connectivity index (χ3n) is 2.59. The highest BCUT2D eigenvalue weighted by molar-refractivity contribution is 5.59. The Morgan fingerprint density at radius 2 is 2.07 bits per heavy atom. The topological polar surface area (TPSA) is 12.4 Å². The lowest BCUT2D eigenvalue weighted by Gasteiger charge is -2.03. The van der Waals surface area contributed by atoms with Gasteiger partial charge in [0.25, 0.3) is 0 Å². The summed E-state index contributed by atoms with van der Waals surface area (Å²) in [7, 11) is 1.82. The van der Waals surface area contributed by atoms with E-state index >= 15 is 0 Å². The van der Waals surface area contributed by atoms with Gasteiger partial charge in [-0.05, 0) is 33.1 Å². The number of nitrogens with zero attached hydrogens (tertiary/aromatic N) is 1. The van der Waals surface area contributed by atoms with Crippen LogP contribution in [0.25, 0.3) is 0 Å². The van der Waals surface area contributed by atoms with Crippen molar-refractivity contribution in [3.63, 3.8) is 0 Å². The summed E-state index contributed by atoms with van der Waals surface area (Å²) in [5.41, 5.74) is 1.35. The fraction of sp³-hybridized carbons (Fsp3) is 0.643. The van der Waals surface area contributed by atoms with E-state index in [-0.39, 0.29) is 0 Å². The summed E-state index contributed by atoms with van der Waals surface area (Å²) in [6.45, 7) is 8.52. The minimum Gasteiger partial charge on any atom is -0.301 e. The summed E-state index contributed by atoms with van der Waals surface area (Å²) >= 11 is 0. The first kappa shape index (κ1) is 14.0. The van der Waals surface area contributed by atoms with Crippen molar-refractivity contribution in [3.8, 4) is 11.8 Å². The van der Waals surface area contributed by atoms with Gasteiger partial charge in [0.1, 0.15) is 0 Å². The van der Waals surface area contributed by atoms with E-state index in [1.807, 2.05) is 13.3 Å². The molecule has 0 aliphatic heterocycles.